The van der Waals surface area contributed by atoms with Crippen LogP contribution in [0.2, 0.25) is 0 Å². The van der Waals surface area contributed by atoms with Crippen molar-refractivity contribution in [3.8, 4) is 0 Å². The highest BCUT2D eigenvalue weighted by Crippen LogP contribution is 2.14. The molecule has 0 aliphatic rings. The van der Waals surface area contributed by atoms with Crippen LogP contribution in [0.1, 0.15) is 38.7 Å². The number of rotatable bonds is 8. The monoisotopic (exact) mass is 263 g/mol. The summed E-state index contributed by atoms with van der Waals surface area (Å²) in [6, 6.07) is 9.61. The number of hydrogen-bond acceptors (Lipinski definition) is 2. The zero-order chi connectivity index (χ0) is 14.3. The number of hydrogen-bond donors (Lipinski definition) is 1. The first-order valence-electron chi connectivity index (χ1n) is 6.97. The van der Waals surface area contributed by atoms with Gasteiger partial charge in [0.25, 0.3) is 0 Å². The molecule has 3 nitrogen and oxygen atoms in total. The predicted molar refractivity (Wildman–Crippen MR) is 78.0 cm³/mol. The van der Waals surface area contributed by atoms with Gasteiger partial charge in [0, 0.05) is 6.54 Å². The first-order valence-corrected chi connectivity index (χ1v) is 6.97. The third kappa shape index (κ3) is 5.88. The molecule has 19 heavy (non-hydrogen) atoms. The molecule has 0 amide bonds. The van der Waals surface area contributed by atoms with Crippen molar-refractivity contribution in [2.24, 2.45) is 5.92 Å². The molecule has 1 aromatic carbocycles. The maximum atomic E-state index is 11.4. The van der Waals surface area contributed by atoms with E-state index < -0.39 is 5.97 Å². The summed E-state index contributed by atoms with van der Waals surface area (Å²) >= 11 is 0. The Bertz CT molecular complexity index is 376. The number of likely N-dealkylation sites (N-methyl/N-ethyl adjacent to an activating group) is 1. The van der Waals surface area contributed by atoms with E-state index in [1.165, 1.54) is 0 Å². The Labute approximate surface area is 116 Å². The van der Waals surface area contributed by atoms with Crippen molar-refractivity contribution < 1.29 is 9.90 Å². The van der Waals surface area contributed by atoms with Crippen molar-refractivity contribution in [3.05, 3.63) is 35.9 Å². The topological polar surface area (TPSA) is 40.5 Å². The van der Waals surface area contributed by atoms with Crippen LogP contribution >= 0.6 is 0 Å². The summed E-state index contributed by atoms with van der Waals surface area (Å²) in [6.07, 6.45) is 2.77. The molecule has 1 rings (SSSR count). The van der Waals surface area contributed by atoms with E-state index >= 15 is 0 Å². The van der Waals surface area contributed by atoms with Gasteiger partial charge in [-0.3, -0.25) is 9.69 Å². The van der Waals surface area contributed by atoms with Crippen LogP contribution in [-0.2, 0) is 11.3 Å². The molecule has 0 radical (unpaired) electrons. The van der Waals surface area contributed by atoms with Crippen LogP contribution in [0.25, 0.3) is 0 Å². The largest absolute Gasteiger partial charge is 0.480 e. The second kappa shape index (κ2) is 7.95. The van der Waals surface area contributed by atoms with Crippen LogP contribution in [0.5, 0.6) is 0 Å². The molecular formula is C16H25NO2. The Hall–Kier alpha value is -1.35. The van der Waals surface area contributed by atoms with Gasteiger partial charge in [0.2, 0.25) is 0 Å². The summed E-state index contributed by atoms with van der Waals surface area (Å²) < 4.78 is 0. The van der Waals surface area contributed by atoms with Crippen LogP contribution < -0.4 is 0 Å². The molecule has 0 fully saturated rings. The number of carboxylic acid groups (broad SMARTS) is 1. The normalized spacial score (nSPS) is 12.9. The Kier molecular flexibility index (Phi) is 6.57. The number of benzene rings is 1. The Balaban J connectivity index is 2.53. The van der Waals surface area contributed by atoms with Gasteiger partial charge < -0.3 is 5.11 Å². The molecule has 0 saturated carbocycles. The molecule has 106 valence electrons. The maximum Gasteiger partial charge on any atom is 0.320 e. The van der Waals surface area contributed by atoms with E-state index in [9.17, 15) is 9.90 Å². The van der Waals surface area contributed by atoms with Gasteiger partial charge >= 0.3 is 5.97 Å². The predicted octanol–water partition coefficient (Wildman–Crippen LogP) is 3.40. The van der Waals surface area contributed by atoms with Gasteiger partial charge in [-0.05, 0) is 24.9 Å². The fourth-order valence-electron chi connectivity index (χ4n) is 2.23. The number of carboxylic acids is 1. The van der Waals surface area contributed by atoms with Gasteiger partial charge in [-0.1, -0.05) is 57.0 Å². The van der Waals surface area contributed by atoms with Crippen LogP contribution in [0, 0.1) is 5.92 Å². The van der Waals surface area contributed by atoms with Gasteiger partial charge in [0.1, 0.15) is 6.04 Å². The molecule has 1 N–H and O–H groups in total. The first kappa shape index (κ1) is 15.7. The second-order valence-electron chi connectivity index (χ2n) is 5.58. The molecule has 0 aliphatic carbocycles. The van der Waals surface area contributed by atoms with E-state index in [0.29, 0.717) is 12.5 Å². The molecule has 0 aromatic heterocycles. The van der Waals surface area contributed by atoms with Gasteiger partial charge in [-0.15, -0.1) is 0 Å². The molecule has 0 bridgehead atoms. The molecule has 1 atom stereocenters. The van der Waals surface area contributed by atoms with E-state index in [2.05, 4.69) is 13.8 Å². The Morgan fingerprint density at radius 3 is 2.37 bits per heavy atom. The molecule has 0 heterocycles. The van der Waals surface area contributed by atoms with E-state index in [1.807, 2.05) is 42.3 Å². The maximum absolute atomic E-state index is 11.4. The average molecular weight is 263 g/mol. The van der Waals surface area contributed by atoms with Crippen molar-refractivity contribution >= 4 is 5.97 Å². The lowest BCUT2D eigenvalue weighted by Gasteiger charge is -2.25. The van der Waals surface area contributed by atoms with E-state index in [0.717, 1.165) is 24.8 Å². The minimum atomic E-state index is -0.720. The highest BCUT2D eigenvalue weighted by molar-refractivity contribution is 5.73. The van der Waals surface area contributed by atoms with Gasteiger partial charge in [-0.2, -0.15) is 0 Å². The molecule has 3 heteroatoms. The van der Waals surface area contributed by atoms with Crippen molar-refractivity contribution in [1.82, 2.24) is 4.90 Å². The molecule has 1 aromatic rings. The minimum absolute atomic E-state index is 0.390. The zero-order valence-corrected chi connectivity index (χ0v) is 12.2. The summed E-state index contributed by atoms with van der Waals surface area (Å²) in [6.45, 7) is 5.02. The highest BCUT2D eigenvalue weighted by Gasteiger charge is 2.22. The molecule has 1 unspecified atom stereocenters. The second-order valence-corrected chi connectivity index (χ2v) is 5.58. The molecular weight excluding hydrogens is 238 g/mol. The zero-order valence-electron chi connectivity index (χ0n) is 12.2. The van der Waals surface area contributed by atoms with Crippen molar-refractivity contribution in [1.29, 1.82) is 0 Å². The highest BCUT2D eigenvalue weighted by atomic mass is 16.4. The lowest BCUT2D eigenvalue weighted by Crippen LogP contribution is -2.38. The van der Waals surface area contributed by atoms with E-state index in [-0.39, 0.29) is 6.04 Å². The molecule has 0 spiro atoms. The standard InChI is InChI=1S/C16H25NO2/c1-13(2)8-7-11-15(16(18)19)17(3)12-14-9-5-4-6-10-14/h4-6,9-10,13,15H,7-8,11-12H2,1-3H3,(H,18,19). The third-order valence-electron chi connectivity index (χ3n) is 3.35. The van der Waals surface area contributed by atoms with Crippen molar-refractivity contribution in [2.75, 3.05) is 7.05 Å². The van der Waals surface area contributed by atoms with Gasteiger partial charge in [0.05, 0.1) is 0 Å². The summed E-state index contributed by atoms with van der Waals surface area (Å²) in [5.74, 6) is -0.0870. The van der Waals surface area contributed by atoms with Crippen LogP contribution in [0.4, 0.5) is 0 Å². The number of aliphatic carboxylic acids is 1. The van der Waals surface area contributed by atoms with E-state index in [1.54, 1.807) is 0 Å². The van der Waals surface area contributed by atoms with Crippen LogP contribution in [0.15, 0.2) is 30.3 Å². The average Bonchev–Trinajstić information content (AvgIpc) is 2.35. The lowest BCUT2D eigenvalue weighted by molar-refractivity contribution is -0.143. The Morgan fingerprint density at radius 1 is 1.21 bits per heavy atom. The quantitative estimate of drug-likeness (QED) is 0.781. The van der Waals surface area contributed by atoms with Gasteiger partial charge in [0.15, 0.2) is 0 Å². The number of nitrogens with zero attached hydrogens (tertiary/aromatic N) is 1. The summed E-state index contributed by atoms with van der Waals surface area (Å²) in [5.41, 5.74) is 1.15. The lowest BCUT2D eigenvalue weighted by atomic mass is 10.0. The fraction of sp³-hybridized carbons (Fsp3) is 0.562. The van der Waals surface area contributed by atoms with E-state index in [4.69, 9.17) is 0 Å². The van der Waals surface area contributed by atoms with Gasteiger partial charge in [-0.25, -0.2) is 0 Å². The smallest absolute Gasteiger partial charge is 0.320 e. The SMILES string of the molecule is CC(C)CCCC(C(=O)O)N(C)Cc1ccccc1. The first-order chi connectivity index (χ1) is 9.00. The number of carbonyl (C=O) groups is 1. The third-order valence-corrected chi connectivity index (χ3v) is 3.35. The summed E-state index contributed by atoms with van der Waals surface area (Å²) in [7, 11) is 1.89. The van der Waals surface area contributed by atoms with Crippen molar-refractivity contribution in [3.63, 3.8) is 0 Å². The summed E-state index contributed by atoms with van der Waals surface area (Å²) in [5, 5.41) is 9.35. The molecule has 0 aliphatic heterocycles. The summed E-state index contributed by atoms with van der Waals surface area (Å²) in [4.78, 5) is 13.3. The fourth-order valence-corrected chi connectivity index (χ4v) is 2.23. The van der Waals surface area contributed by atoms with Crippen LogP contribution in [0.3, 0.4) is 0 Å². The van der Waals surface area contributed by atoms with Crippen LogP contribution in [-0.4, -0.2) is 29.1 Å². The Morgan fingerprint density at radius 2 is 1.84 bits per heavy atom. The van der Waals surface area contributed by atoms with Crippen molar-refractivity contribution in [2.45, 2.75) is 45.7 Å². The molecule has 0 saturated heterocycles. The minimum Gasteiger partial charge on any atom is -0.480 e.